The first-order valence-corrected chi connectivity index (χ1v) is 6.06. The molecule has 16 heavy (non-hydrogen) atoms. The second-order valence-electron chi connectivity index (χ2n) is 4.87. The van der Waals surface area contributed by atoms with E-state index in [1.54, 1.807) is 0 Å². The number of rotatable bonds is 4. The molecule has 0 bridgehead atoms. The van der Waals surface area contributed by atoms with Crippen LogP contribution in [-0.4, -0.2) is 40.9 Å². The normalized spacial score (nSPS) is 20.9. The fourth-order valence-electron chi connectivity index (χ4n) is 2.34. The van der Waals surface area contributed by atoms with Gasteiger partial charge in [0.1, 0.15) is 0 Å². The maximum Gasteiger partial charge on any atom is 0.0537 e. The summed E-state index contributed by atoms with van der Waals surface area (Å²) in [6.45, 7) is 5.45. The minimum atomic E-state index is 0.682. The van der Waals surface area contributed by atoms with Gasteiger partial charge in [-0.2, -0.15) is 5.10 Å². The lowest BCUT2D eigenvalue weighted by atomic mass is 10.2. The zero-order valence-corrected chi connectivity index (χ0v) is 10.5. The molecule has 1 atom stereocenters. The molecule has 90 valence electrons. The van der Waals surface area contributed by atoms with Gasteiger partial charge >= 0.3 is 0 Å². The summed E-state index contributed by atoms with van der Waals surface area (Å²) in [5.74, 6) is 0. The number of aryl methyl sites for hydroxylation is 1. The summed E-state index contributed by atoms with van der Waals surface area (Å²) in [4.78, 5) is 2.38. The lowest BCUT2D eigenvalue weighted by molar-refractivity contribution is 0.292. The summed E-state index contributed by atoms with van der Waals surface area (Å²) >= 11 is 0. The molecule has 0 radical (unpaired) electrons. The second-order valence-corrected chi connectivity index (χ2v) is 4.87. The van der Waals surface area contributed by atoms with E-state index < -0.39 is 0 Å². The molecule has 1 aliphatic rings. The average molecular weight is 222 g/mol. The fourth-order valence-corrected chi connectivity index (χ4v) is 2.34. The van der Waals surface area contributed by atoms with Crippen LogP contribution in [0.25, 0.3) is 0 Å². The molecule has 1 aromatic heterocycles. The summed E-state index contributed by atoms with van der Waals surface area (Å²) in [6, 6.07) is 0.682. The van der Waals surface area contributed by atoms with E-state index in [1.807, 2.05) is 17.9 Å². The number of likely N-dealkylation sites (N-methyl/N-ethyl adjacent to an activating group) is 1. The van der Waals surface area contributed by atoms with Crippen LogP contribution in [0.1, 0.15) is 24.1 Å². The zero-order valence-electron chi connectivity index (χ0n) is 10.5. The van der Waals surface area contributed by atoms with Crippen LogP contribution in [-0.2, 0) is 13.6 Å². The van der Waals surface area contributed by atoms with Crippen LogP contribution in [0.2, 0.25) is 0 Å². The number of hydrogen-bond donors (Lipinski definition) is 1. The van der Waals surface area contributed by atoms with Gasteiger partial charge < -0.3 is 10.2 Å². The Bertz CT molecular complexity index is 339. The average Bonchev–Trinajstić information content (AvgIpc) is 2.83. The first-order chi connectivity index (χ1) is 7.66. The Labute approximate surface area is 97.6 Å². The van der Waals surface area contributed by atoms with Crippen LogP contribution >= 0.6 is 0 Å². The second kappa shape index (κ2) is 4.97. The minimum absolute atomic E-state index is 0.682. The standard InChI is InChI=1S/C12H22N4/c1-10-11(7-14-16(10)3)8-15(2)9-12-5-4-6-13-12/h7,12-13H,4-6,8-9H2,1-3H3. The van der Waals surface area contributed by atoms with Crippen LogP contribution in [0, 0.1) is 6.92 Å². The predicted octanol–water partition coefficient (Wildman–Crippen LogP) is 0.912. The van der Waals surface area contributed by atoms with Gasteiger partial charge in [0.2, 0.25) is 0 Å². The largest absolute Gasteiger partial charge is 0.313 e. The smallest absolute Gasteiger partial charge is 0.0537 e. The highest BCUT2D eigenvalue weighted by atomic mass is 15.3. The summed E-state index contributed by atoms with van der Waals surface area (Å²) in [5, 5.41) is 7.81. The van der Waals surface area contributed by atoms with Gasteiger partial charge in [0.25, 0.3) is 0 Å². The van der Waals surface area contributed by atoms with Crippen molar-refractivity contribution < 1.29 is 0 Å². The molecule has 1 aliphatic heterocycles. The maximum atomic E-state index is 4.28. The van der Waals surface area contributed by atoms with E-state index in [-0.39, 0.29) is 0 Å². The molecule has 4 heteroatoms. The summed E-state index contributed by atoms with van der Waals surface area (Å²) in [7, 11) is 4.18. The van der Waals surface area contributed by atoms with E-state index in [0.29, 0.717) is 6.04 Å². The van der Waals surface area contributed by atoms with Gasteiger partial charge in [0.05, 0.1) is 6.20 Å². The van der Waals surface area contributed by atoms with Crippen molar-refractivity contribution in [1.82, 2.24) is 20.0 Å². The van der Waals surface area contributed by atoms with Crippen LogP contribution in [0.4, 0.5) is 0 Å². The molecule has 0 saturated carbocycles. The number of nitrogens with one attached hydrogen (secondary N) is 1. The SMILES string of the molecule is Cc1c(CN(C)CC2CCCN2)cnn1C. The Balaban J connectivity index is 1.86. The molecule has 2 heterocycles. The van der Waals surface area contributed by atoms with Gasteiger partial charge in [0.15, 0.2) is 0 Å². The molecule has 1 fully saturated rings. The summed E-state index contributed by atoms with van der Waals surface area (Å²) in [5.41, 5.74) is 2.61. The molecule has 2 rings (SSSR count). The molecule has 0 amide bonds. The minimum Gasteiger partial charge on any atom is -0.313 e. The molecule has 0 aromatic carbocycles. The molecule has 4 nitrogen and oxygen atoms in total. The lowest BCUT2D eigenvalue weighted by Gasteiger charge is -2.20. The van der Waals surface area contributed by atoms with E-state index in [0.717, 1.165) is 13.1 Å². The van der Waals surface area contributed by atoms with E-state index in [1.165, 1.54) is 30.6 Å². The van der Waals surface area contributed by atoms with Crippen molar-refractivity contribution >= 4 is 0 Å². The Morgan fingerprint density at radius 1 is 1.62 bits per heavy atom. The third kappa shape index (κ3) is 2.62. The number of nitrogens with zero attached hydrogens (tertiary/aromatic N) is 3. The third-order valence-corrected chi connectivity index (χ3v) is 3.47. The van der Waals surface area contributed by atoms with Crippen molar-refractivity contribution in [2.45, 2.75) is 32.4 Å². The van der Waals surface area contributed by atoms with Crippen LogP contribution in [0.5, 0.6) is 0 Å². The van der Waals surface area contributed by atoms with Gasteiger partial charge in [-0.3, -0.25) is 4.68 Å². The van der Waals surface area contributed by atoms with Crippen LogP contribution < -0.4 is 5.32 Å². The molecule has 1 aromatic rings. The maximum absolute atomic E-state index is 4.28. The van der Waals surface area contributed by atoms with Crippen molar-refractivity contribution in [3.63, 3.8) is 0 Å². The molecule has 0 aliphatic carbocycles. The topological polar surface area (TPSA) is 33.1 Å². The highest BCUT2D eigenvalue weighted by molar-refractivity contribution is 5.15. The summed E-state index contributed by atoms with van der Waals surface area (Å²) in [6.07, 6.45) is 4.62. The van der Waals surface area contributed by atoms with E-state index in [2.05, 4.69) is 29.3 Å². The lowest BCUT2D eigenvalue weighted by Crippen LogP contribution is -2.35. The fraction of sp³-hybridized carbons (Fsp3) is 0.750. The van der Waals surface area contributed by atoms with Crippen molar-refractivity contribution in [3.05, 3.63) is 17.5 Å². The molecule has 1 N–H and O–H groups in total. The van der Waals surface area contributed by atoms with Gasteiger partial charge in [-0.25, -0.2) is 0 Å². The van der Waals surface area contributed by atoms with Gasteiger partial charge in [-0.15, -0.1) is 0 Å². The quantitative estimate of drug-likeness (QED) is 0.822. The number of hydrogen-bond acceptors (Lipinski definition) is 3. The van der Waals surface area contributed by atoms with E-state index in [4.69, 9.17) is 0 Å². The first kappa shape index (κ1) is 11.6. The highest BCUT2D eigenvalue weighted by Crippen LogP contribution is 2.11. The van der Waals surface area contributed by atoms with Gasteiger partial charge in [-0.05, 0) is 33.4 Å². The Hall–Kier alpha value is -0.870. The molecule has 0 spiro atoms. The van der Waals surface area contributed by atoms with Crippen molar-refractivity contribution in [1.29, 1.82) is 0 Å². The van der Waals surface area contributed by atoms with Crippen molar-refractivity contribution in [3.8, 4) is 0 Å². The van der Waals surface area contributed by atoms with Crippen LogP contribution in [0.15, 0.2) is 6.20 Å². The van der Waals surface area contributed by atoms with Gasteiger partial charge in [0, 0.05) is 37.4 Å². The summed E-state index contributed by atoms with van der Waals surface area (Å²) < 4.78 is 1.94. The molecule has 1 saturated heterocycles. The third-order valence-electron chi connectivity index (χ3n) is 3.47. The monoisotopic (exact) mass is 222 g/mol. The van der Waals surface area contributed by atoms with Crippen molar-refractivity contribution in [2.75, 3.05) is 20.1 Å². The Morgan fingerprint density at radius 2 is 2.44 bits per heavy atom. The van der Waals surface area contributed by atoms with Crippen molar-refractivity contribution in [2.24, 2.45) is 7.05 Å². The zero-order chi connectivity index (χ0) is 11.5. The van der Waals surface area contributed by atoms with E-state index >= 15 is 0 Å². The molecular formula is C12H22N4. The molecular weight excluding hydrogens is 200 g/mol. The highest BCUT2D eigenvalue weighted by Gasteiger charge is 2.16. The Morgan fingerprint density at radius 3 is 3.00 bits per heavy atom. The first-order valence-electron chi connectivity index (χ1n) is 6.06. The van der Waals surface area contributed by atoms with Gasteiger partial charge in [-0.1, -0.05) is 0 Å². The van der Waals surface area contributed by atoms with Crippen LogP contribution in [0.3, 0.4) is 0 Å². The predicted molar refractivity (Wildman–Crippen MR) is 65.3 cm³/mol. The number of aromatic nitrogens is 2. The Kier molecular flexibility index (Phi) is 3.61. The van der Waals surface area contributed by atoms with E-state index in [9.17, 15) is 0 Å². The molecule has 1 unspecified atom stereocenters.